The molecular formula is C15H16F3N5O2S. The number of rotatable bonds is 3. The van der Waals surface area contributed by atoms with E-state index in [1.807, 2.05) is 0 Å². The van der Waals surface area contributed by atoms with E-state index in [2.05, 4.69) is 20.3 Å². The summed E-state index contributed by atoms with van der Waals surface area (Å²) in [5.74, 6) is 0. The predicted molar refractivity (Wildman–Crippen MR) is 87.1 cm³/mol. The van der Waals surface area contributed by atoms with Gasteiger partial charge in [0.1, 0.15) is 27.9 Å². The summed E-state index contributed by atoms with van der Waals surface area (Å²) in [7, 11) is 0. The molecule has 11 heteroatoms. The molecule has 2 saturated heterocycles. The second-order valence-corrected chi connectivity index (χ2v) is 7.46. The van der Waals surface area contributed by atoms with E-state index < -0.39 is 29.6 Å². The van der Waals surface area contributed by atoms with Gasteiger partial charge in [0.05, 0.1) is 5.51 Å². The Hall–Kier alpha value is -2.01. The number of hydrogen-bond acceptors (Lipinski definition) is 6. The average molecular weight is 387 g/mol. The summed E-state index contributed by atoms with van der Waals surface area (Å²) in [6.45, 7) is 0.690. The van der Waals surface area contributed by atoms with Crippen molar-refractivity contribution in [2.75, 3.05) is 19.6 Å². The molecule has 3 unspecified atom stereocenters. The molecule has 0 aromatic carbocycles. The number of fused-ring (bicyclic) bond motifs is 1. The van der Waals surface area contributed by atoms with Crippen LogP contribution in [-0.2, 0) is 5.54 Å². The van der Waals surface area contributed by atoms with Crippen LogP contribution in [0, 0.1) is 5.41 Å². The minimum absolute atomic E-state index is 0.0419. The van der Waals surface area contributed by atoms with E-state index >= 15 is 4.39 Å². The molecule has 2 aliphatic heterocycles. The summed E-state index contributed by atoms with van der Waals surface area (Å²) < 4.78 is 42.8. The van der Waals surface area contributed by atoms with Gasteiger partial charge in [-0.15, -0.1) is 11.3 Å². The van der Waals surface area contributed by atoms with E-state index in [-0.39, 0.29) is 30.7 Å². The van der Waals surface area contributed by atoms with E-state index in [0.29, 0.717) is 17.8 Å². The maximum Gasteiger partial charge on any atom is 0.408 e. The van der Waals surface area contributed by atoms with Crippen LogP contribution in [0.2, 0.25) is 0 Å². The lowest BCUT2D eigenvalue weighted by Crippen LogP contribution is -2.61. The number of amides is 1. The molecule has 0 bridgehead atoms. The Morgan fingerprint density at radius 3 is 2.77 bits per heavy atom. The van der Waals surface area contributed by atoms with Gasteiger partial charge in [-0.2, -0.15) is 0 Å². The number of nitrogens with one attached hydrogen (secondary N) is 1. The molecule has 2 aromatic heterocycles. The number of carboxylic acid groups (broad SMARTS) is 1. The van der Waals surface area contributed by atoms with Crippen molar-refractivity contribution in [2.45, 2.75) is 31.0 Å². The zero-order chi connectivity index (χ0) is 18.5. The zero-order valence-electron chi connectivity index (χ0n) is 13.5. The van der Waals surface area contributed by atoms with E-state index in [1.165, 1.54) is 16.8 Å². The first-order chi connectivity index (χ1) is 12.4. The van der Waals surface area contributed by atoms with Gasteiger partial charge in [0.15, 0.2) is 6.17 Å². The molecule has 2 aliphatic rings. The van der Waals surface area contributed by atoms with Crippen molar-refractivity contribution in [1.82, 2.24) is 25.2 Å². The first kappa shape index (κ1) is 17.4. The first-order valence-corrected chi connectivity index (χ1v) is 9.00. The molecule has 140 valence electrons. The SMILES string of the molecule is O=C(O)N1CCC2(CCNC2)C1(c1ncnc2scnc12)C(F)C(F)F. The highest BCUT2D eigenvalue weighted by molar-refractivity contribution is 7.16. The number of hydrogen-bond donors (Lipinski definition) is 2. The normalized spacial score (nSPS) is 29.9. The van der Waals surface area contributed by atoms with E-state index in [9.17, 15) is 18.7 Å². The highest BCUT2D eigenvalue weighted by Crippen LogP contribution is 2.59. The van der Waals surface area contributed by atoms with Crippen LogP contribution in [0.1, 0.15) is 18.5 Å². The van der Waals surface area contributed by atoms with Crippen LogP contribution in [-0.4, -0.2) is 63.3 Å². The number of likely N-dealkylation sites (tertiary alicyclic amines) is 1. The molecule has 2 aromatic rings. The van der Waals surface area contributed by atoms with Gasteiger partial charge in [-0.3, -0.25) is 4.90 Å². The molecule has 4 rings (SSSR count). The third-order valence-corrected chi connectivity index (χ3v) is 6.37. The van der Waals surface area contributed by atoms with Gasteiger partial charge in [-0.05, 0) is 19.4 Å². The van der Waals surface area contributed by atoms with Crippen LogP contribution < -0.4 is 5.32 Å². The van der Waals surface area contributed by atoms with Crippen molar-refractivity contribution < 1.29 is 23.1 Å². The van der Waals surface area contributed by atoms with Crippen LogP contribution in [0.3, 0.4) is 0 Å². The topological polar surface area (TPSA) is 91.2 Å². The first-order valence-electron chi connectivity index (χ1n) is 8.12. The molecule has 4 heterocycles. The number of thiazole rings is 1. The van der Waals surface area contributed by atoms with Crippen molar-refractivity contribution in [3.63, 3.8) is 0 Å². The Kier molecular flexibility index (Phi) is 4.03. The highest BCUT2D eigenvalue weighted by Gasteiger charge is 2.70. The largest absolute Gasteiger partial charge is 0.465 e. The highest BCUT2D eigenvalue weighted by atomic mass is 32.1. The molecule has 2 fully saturated rings. The van der Waals surface area contributed by atoms with Crippen molar-refractivity contribution in [3.8, 4) is 0 Å². The maximum atomic E-state index is 15.3. The van der Waals surface area contributed by atoms with Crippen molar-refractivity contribution in [3.05, 3.63) is 17.5 Å². The molecule has 0 saturated carbocycles. The Morgan fingerprint density at radius 1 is 1.31 bits per heavy atom. The molecule has 7 nitrogen and oxygen atoms in total. The van der Waals surface area contributed by atoms with Gasteiger partial charge in [-0.1, -0.05) is 0 Å². The number of alkyl halides is 3. The van der Waals surface area contributed by atoms with Crippen LogP contribution in [0.4, 0.5) is 18.0 Å². The minimum atomic E-state index is -3.36. The molecule has 1 amide bonds. The lowest BCUT2D eigenvalue weighted by Gasteiger charge is -2.47. The van der Waals surface area contributed by atoms with E-state index in [1.54, 1.807) is 0 Å². The quantitative estimate of drug-likeness (QED) is 0.840. The van der Waals surface area contributed by atoms with Gasteiger partial charge < -0.3 is 10.4 Å². The summed E-state index contributed by atoms with van der Waals surface area (Å²) in [4.78, 5) is 25.5. The minimum Gasteiger partial charge on any atom is -0.465 e. The Balaban J connectivity index is 2.07. The van der Waals surface area contributed by atoms with Gasteiger partial charge in [-0.25, -0.2) is 32.9 Å². The number of carbonyl (C=O) groups is 1. The number of nitrogens with zero attached hydrogens (tertiary/aromatic N) is 4. The van der Waals surface area contributed by atoms with Crippen molar-refractivity contribution in [1.29, 1.82) is 0 Å². The third-order valence-electron chi connectivity index (χ3n) is 5.64. The van der Waals surface area contributed by atoms with E-state index in [4.69, 9.17) is 0 Å². The number of aromatic nitrogens is 3. The maximum absolute atomic E-state index is 15.3. The molecule has 1 spiro atoms. The Labute approximate surface area is 150 Å². The molecule has 0 aliphatic carbocycles. The van der Waals surface area contributed by atoms with E-state index in [0.717, 1.165) is 11.2 Å². The van der Waals surface area contributed by atoms with Crippen molar-refractivity contribution >= 4 is 27.8 Å². The van der Waals surface area contributed by atoms with Crippen molar-refractivity contribution in [2.24, 2.45) is 5.41 Å². The summed E-state index contributed by atoms with van der Waals surface area (Å²) in [5, 5.41) is 12.8. The van der Waals surface area contributed by atoms with Gasteiger partial charge in [0.25, 0.3) is 6.43 Å². The predicted octanol–water partition coefficient (Wildman–Crippen LogP) is 2.25. The molecule has 2 N–H and O–H groups in total. The average Bonchev–Trinajstić information content (AvgIpc) is 3.33. The smallest absolute Gasteiger partial charge is 0.408 e. The van der Waals surface area contributed by atoms with Crippen LogP contribution in [0.25, 0.3) is 10.3 Å². The van der Waals surface area contributed by atoms with Crippen LogP contribution >= 0.6 is 11.3 Å². The lowest BCUT2D eigenvalue weighted by atomic mass is 9.64. The lowest BCUT2D eigenvalue weighted by molar-refractivity contribution is -0.0896. The second-order valence-electron chi connectivity index (χ2n) is 6.62. The standard InChI is InChI=1S/C15H16F3N5O2S/c16-9(11(17)18)15(10-8-12(21-6-20-10)26-7-22-8)14(1-3-19-5-14)2-4-23(15)13(24)25/h6-7,9,11,19H,1-5H2,(H,24,25). The van der Waals surface area contributed by atoms with Gasteiger partial charge in [0.2, 0.25) is 0 Å². The zero-order valence-corrected chi connectivity index (χ0v) is 14.3. The summed E-state index contributed by atoms with van der Waals surface area (Å²) >= 11 is 1.17. The van der Waals surface area contributed by atoms with Gasteiger partial charge >= 0.3 is 6.09 Å². The summed E-state index contributed by atoms with van der Waals surface area (Å²) in [6, 6.07) is 0. The Bertz CT molecular complexity index is 844. The fourth-order valence-electron chi connectivity index (χ4n) is 4.61. The van der Waals surface area contributed by atoms with Crippen LogP contribution in [0.15, 0.2) is 11.8 Å². The summed E-state index contributed by atoms with van der Waals surface area (Å²) in [6.07, 6.45) is -5.74. The second kappa shape index (κ2) is 6.02. The molecule has 0 radical (unpaired) electrons. The fourth-order valence-corrected chi connectivity index (χ4v) is 5.24. The Morgan fingerprint density at radius 2 is 2.12 bits per heavy atom. The van der Waals surface area contributed by atoms with Crippen LogP contribution in [0.5, 0.6) is 0 Å². The molecule has 26 heavy (non-hydrogen) atoms. The fraction of sp³-hybridized carbons (Fsp3) is 0.600. The third kappa shape index (κ3) is 2.10. The number of halogens is 3. The van der Waals surface area contributed by atoms with Gasteiger partial charge in [0, 0.05) is 18.5 Å². The molecule has 3 atom stereocenters. The monoisotopic (exact) mass is 387 g/mol. The molecular weight excluding hydrogens is 371 g/mol. The summed E-state index contributed by atoms with van der Waals surface area (Å²) in [5.41, 5.74) is -1.57.